The van der Waals surface area contributed by atoms with E-state index in [1.165, 1.54) is 16.4 Å². The van der Waals surface area contributed by atoms with Gasteiger partial charge in [0.15, 0.2) is 0 Å². The maximum Gasteiger partial charge on any atom is 0.255 e. The van der Waals surface area contributed by atoms with Crippen molar-refractivity contribution in [2.75, 3.05) is 23.7 Å². The summed E-state index contributed by atoms with van der Waals surface area (Å²) in [6, 6.07) is 21.6. The second-order valence-corrected chi connectivity index (χ2v) is 11.4. The fraction of sp³-hybridized carbons (Fsp3) is 0.286. The fourth-order valence-corrected chi connectivity index (χ4v) is 5.41. The molecule has 0 radical (unpaired) electrons. The lowest BCUT2D eigenvalue weighted by molar-refractivity contribution is 0.102. The molecule has 7 nitrogen and oxygen atoms in total. The van der Waals surface area contributed by atoms with Gasteiger partial charge in [-0.25, -0.2) is 8.42 Å². The van der Waals surface area contributed by atoms with Gasteiger partial charge in [0.25, 0.3) is 11.8 Å². The van der Waals surface area contributed by atoms with Gasteiger partial charge < -0.3 is 10.6 Å². The Balaban J connectivity index is 1.65. The van der Waals surface area contributed by atoms with E-state index in [1.807, 2.05) is 33.8 Å². The minimum Gasteiger partial charge on any atom is -0.322 e. The van der Waals surface area contributed by atoms with Crippen LogP contribution in [-0.2, 0) is 10.0 Å². The van der Waals surface area contributed by atoms with E-state index in [1.54, 1.807) is 60.7 Å². The van der Waals surface area contributed by atoms with Crippen LogP contribution in [0.25, 0.3) is 0 Å². The first-order chi connectivity index (χ1) is 17.1. The van der Waals surface area contributed by atoms with Gasteiger partial charge in [0.05, 0.1) is 4.90 Å². The molecule has 190 valence electrons. The van der Waals surface area contributed by atoms with Crippen LogP contribution in [0, 0.1) is 11.8 Å². The number of carbonyl (C=O) groups is 2. The van der Waals surface area contributed by atoms with E-state index in [4.69, 9.17) is 0 Å². The van der Waals surface area contributed by atoms with Crippen LogP contribution in [0.1, 0.15) is 48.4 Å². The van der Waals surface area contributed by atoms with Crippen molar-refractivity contribution < 1.29 is 18.0 Å². The predicted molar refractivity (Wildman–Crippen MR) is 144 cm³/mol. The van der Waals surface area contributed by atoms with Crippen LogP contribution < -0.4 is 10.6 Å². The highest BCUT2D eigenvalue weighted by molar-refractivity contribution is 7.89. The van der Waals surface area contributed by atoms with E-state index >= 15 is 0 Å². The molecule has 0 bridgehead atoms. The van der Waals surface area contributed by atoms with E-state index in [-0.39, 0.29) is 28.5 Å². The Morgan fingerprint density at radius 1 is 0.667 bits per heavy atom. The Morgan fingerprint density at radius 2 is 1.08 bits per heavy atom. The molecule has 0 heterocycles. The zero-order chi connectivity index (χ0) is 26.3. The SMILES string of the molecule is CC(C)CN(CC(C)C)S(=O)(=O)c1ccc(NC(=O)c2ccc(NC(=O)c3ccccc3)cc2)cc1. The van der Waals surface area contributed by atoms with Crippen LogP contribution in [0.2, 0.25) is 0 Å². The number of rotatable bonds is 10. The lowest BCUT2D eigenvalue weighted by Gasteiger charge is -2.25. The van der Waals surface area contributed by atoms with E-state index in [9.17, 15) is 18.0 Å². The Hall–Kier alpha value is -3.49. The number of amides is 2. The Kier molecular flexibility index (Phi) is 9.01. The summed E-state index contributed by atoms with van der Waals surface area (Å²) in [5, 5.41) is 5.58. The molecule has 36 heavy (non-hydrogen) atoms. The number of nitrogens with zero attached hydrogens (tertiary/aromatic N) is 1. The number of nitrogens with one attached hydrogen (secondary N) is 2. The van der Waals surface area contributed by atoms with Gasteiger partial charge in [-0.2, -0.15) is 4.31 Å². The molecule has 3 aromatic carbocycles. The molecular formula is C28H33N3O4S. The van der Waals surface area contributed by atoms with Crippen molar-refractivity contribution >= 4 is 33.2 Å². The molecule has 8 heteroatoms. The maximum absolute atomic E-state index is 13.2. The molecule has 3 aromatic rings. The number of anilines is 2. The third-order valence-corrected chi connectivity index (χ3v) is 7.17. The highest BCUT2D eigenvalue weighted by Gasteiger charge is 2.25. The minimum atomic E-state index is -3.64. The summed E-state index contributed by atoms with van der Waals surface area (Å²) >= 11 is 0. The van der Waals surface area contributed by atoms with Crippen molar-refractivity contribution in [3.63, 3.8) is 0 Å². The summed E-state index contributed by atoms with van der Waals surface area (Å²) in [5.74, 6) is -0.166. The van der Waals surface area contributed by atoms with Crippen LogP contribution in [0.3, 0.4) is 0 Å². The van der Waals surface area contributed by atoms with E-state index in [2.05, 4.69) is 10.6 Å². The van der Waals surface area contributed by atoms with E-state index in [0.29, 0.717) is 35.6 Å². The maximum atomic E-state index is 13.2. The number of sulfonamides is 1. The van der Waals surface area contributed by atoms with E-state index in [0.717, 1.165) is 0 Å². The third kappa shape index (κ3) is 7.26. The van der Waals surface area contributed by atoms with Gasteiger partial charge in [0.2, 0.25) is 10.0 Å². The third-order valence-electron chi connectivity index (χ3n) is 5.33. The molecule has 0 fully saturated rings. The van der Waals surface area contributed by atoms with Crippen LogP contribution >= 0.6 is 0 Å². The van der Waals surface area contributed by atoms with Crippen molar-refractivity contribution in [1.29, 1.82) is 0 Å². The number of hydrogen-bond donors (Lipinski definition) is 2. The molecule has 0 aliphatic rings. The summed E-state index contributed by atoms with van der Waals surface area (Å²) in [7, 11) is -3.64. The number of benzene rings is 3. The molecule has 2 N–H and O–H groups in total. The fourth-order valence-electron chi connectivity index (χ4n) is 3.65. The van der Waals surface area contributed by atoms with Gasteiger partial charge in [-0.05, 0) is 72.5 Å². The number of carbonyl (C=O) groups excluding carboxylic acids is 2. The normalized spacial score (nSPS) is 11.6. The van der Waals surface area contributed by atoms with Gasteiger partial charge in [-0.3, -0.25) is 9.59 Å². The van der Waals surface area contributed by atoms with Gasteiger partial charge in [0, 0.05) is 35.6 Å². The molecule has 0 aliphatic carbocycles. The highest BCUT2D eigenvalue weighted by atomic mass is 32.2. The summed E-state index contributed by atoms with van der Waals surface area (Å²) in [6.07, 6.45) is 0. The molecular weight excluding hydrogens is 474 g/mol. The van der Waals surface area contributed by atoms with Crippen LogP contribution in [-0.4, -0.2) is 37.6 Å². The standard InChI is InChI=1S/C28H33N3O4S/c1-20(2)18-31(19-21(3)4)36(34,35)26-16-14-25(15-17-26)30-28(33)23-10-12-24(13-11-23)29-27(32)22-8-6-5-7-9-22/h5-17,20-21H,18-19H2,1-4H3,(H,29,32)(H,30,33). The minimum absolute atomic E-state index is 0.195. The highest BCUT2D eigenvalue weighted by Crippen LogP contribution is 2.21. The molecule has 0 atom stereocenters. The monoisotopic (exact) mass is 507 g/mol. The predicted octanol–water partition coefficient (Wildman–Crippen LogP) is 5.49. The summed E-state index contributed by atoms with van der Waals surface area (Å²) < 4.78 is 27.9. The molecule has 0 saturated heterocycles. The Morgan fingerprint density at radius 3 is 1.53 bits per heavy atom. The smallest absolute Gasteiger partial charge is 0.255 e. The largest absolute Gasteiger partial charge is 0.322 e. The molecule has 0 saturated carbocycles. The van der Waals surface area contributed by atoms with Gasteiger partial charge in [-0.1, -0.05) is 45.9 Å². The first-order valence-corrected chi connectivity index (χ1v) is 13.4. The summed E-state index contributed by atoms with van der Waals surface area (Å²) in [4.78, 5) is 25.2. The van der Waals surface area contributed by atoms with Crippen LogP contribution in [0.4, 0.5) is 11.4 Å². The van der Waals surface area contributed by atoms with Crippen molar-refractivity contribution in [3.8, 4) is 0 Å². The number of hydrogen-bond acceptors (Lipinski definition) is 4. The zero-order valence-electron chi connectivity index (χ0n) is 21.1. The van der Waals surface area contributed by atoms with E-state index < -0.39 is 10.0 Å². The van der Waals surface area contributed by atoms with Crippen LogP contribution in [0.15, 0.2) is 83.8 Å². The lowest BCUT2D eigenvalue weighted by atomic mass is 10.1. The molecule has 0 unspecified atom stereocenters. The molecule has 0 spiro atoms. The van der Waals surface area contributed by atoms with Crippen molar-refractivity contribution in [1.82, 2.24) is 4.31 Å². The first kappa shape index (κ1) is 27.1. The Bertz CT molecular complexity index is 1260. The first-order valence-electron chi connectivity index (χ1n) is 11.9. The average Bonchev–Trinajstić information content (AvgIpc) is 2.84. The van der Waals surface area contributed by atoms with Gasteiger partial charge in [0.1, 0.15) is 0 Å². The van der Waals surface area contributed by atoms with Gasteiger partial charge in [-0.15, -0.1) is 0 Å². The van der Waals surface area contributed by atoms with Crippen LogP contribution in [0.5, 0.6) is 0 Å². The average molecular weight is 508 g/mol. The van der Waals surface area contributed by atoms with Gasteiger partial charge >= 0.3 is 0 Å². The Labute approximate surface area is 213 Å². The second-order valence-electron chi connectivity index (χ2n) is 9.49. The molecule has 2 amide bonds. The quantitative estimate of drug-likeness (QED) is 0.379. The lowest BCUT2D eigenvalue weighted by Crippen LogP contribution is -2.37. The van der Waals surface area contributed by atoms with Crippen molar-refractivity contribution in [2.45, 2.75) is 32.6 Å². The summed E-state index contributed by atoms with van der Waals surface area (Å²) in [6.45, 7) is 8.86. The van der Waals surface area contributed by atoms with Crippen molar-refractivity contribution in [3.05, 3.63) is 90.0 Å². The molecule has 3 rings (SSSR count). The summed E-state index contributed by atoms with van der Waals surface area (Å²) in [5.41, 5.74) is 2.01. The topological polar surface area (TPSA) is 95.6 Å². The second kappa shape index (κ2) is 12.0. The zero-order valence-corrected chi connectivity index (χ0v) is 21.9. The van der Waals surface area contributed by atoms with Crippen molar-refractivity contribution in [2.24, 2.45) is 11.8 Å². The molecule has 0 aliphatic heterocycles. The molecule has 0 aromatic heterocycles.